The van der Waals surface area contributed by atoms with Gasteiger partial charge >= 0.3 is 0 Å². The van der Waals surface area contributed by atoms with Gasteiger partial charge < -0.3 is 16.0 Å². The van der Waals surface area contributed by atoms with Gasteiger partial charge in [0.2, 0.25) is 0 Å². The molecule has 2 rings (SSSR count). The van der Waals surface area contributed by atoms with Gasteiger partial charge in [0.05, 0.1) is 0 Å². The van der Waals surface area contributed by atoms with Crippen LogP contribution in [0.15, 0.2) is 24.3 Å². The molecule has 1 unspecified atom stereocenters. The van der Waals surface area contributed by atoms with Crippen LogP contribution in [0, 0.1) is 5.92 Å². The van der Waals surface area contributed by atoms with Crippen molar-refractivity contribution in [3.05, 3.63) is 29.8 Å². The van der Waals surface area contributed by atoms with E-state index >= 15 is 0 Å². The zero-order chi connectivity index (χ0) is 13.0. The molecule has 18 heavy (non-hydrogen) atoms. The minimum atomic E-state index is -0.0319. The molecule has 98 valence electrons. The van der Waals surface area contributed by atoms with Crippen molar-refractivity contribution in [3.8, 4) is 0 Å². The third kappa shape index (κ3) is 3.47. The van der Waals surface area contributed by atoms with Crippen molar-refractivity contribution < 1.29 is 4.79 Å². The Balaban J connectivity index is 1.84. The molecular weight excluding hydrogens is 226 g/mol. The number of hydrogen-bond acceptors (Lipinski definition) is 3. The highest BCUT2D eigenvalue weighted by Crippen LogP contribution is 2.14. The first-order valence-corrected chi connectivity index (χ1v) is 6.47. The maximum absolute atomic E-state index is 11.9. The van der Waals surface area contributed by atoms with E-state index in [0.29, 0.717) is 17.2 Å². The van der Waals surface area contributed by atoms with E-state index < -0.39 is 0 Å². The first kappa shape index (κ1) is 12.9. The normalized spacial score (nSPS) is 20.6. The molecule has 1 aromatic carbocycles. The van der Waals surface area contributed by atoms with E-state index in [-0.39, 0.29) is 5.91 Å². The van der Waals surface area contributed by atoms with Gasteiger partial charge in [0.25, 0.3) is 5.91 Å². The molecule has 1 saturated heterocycles. The summed E-state index contributed by atoms with van der Waals surface area (Å²) in [5, 5.41) is 3.00. The van der Waals surface area contributed by atoms with E-state index in [1.54, 1.807) is 24.3 Å². The summed E-state index contributed by atoms with van der Waals surface area (Å²) in [6, 6.07) is 7.09. The molecule has 1 heterocycles. The number of hydrogen-bond donors (Lipinski definition) is 2. The Labute approximate surface area is 108 Å². The van der Waals surface area contributed by atoms with E-state index in [9.17, 15) is 4.79 Å². The number of benzene rings is 1. The SMILES string of the molecule is CN1CCCC(CNC(=O)c2cccc(N)c2)C1. The van der Waals surface area contributed by atoms with Crippen molar-refractivity contribution in [3.63, 3.8) is 0 Å². The molecule has 1 aromatic rings. The van der Waals surface area contributed by atoms with Crippen LogP contribution >= 0.6 is 0 Å². The maximum Gasteiger partial charge on any atom is 0.251 e. The highest BCUT2D eigenvalue weighted by molar-refractivity contribution is 5.94. The molecule has 0 spiro atoms. The van der Waals surface area contributed by atoms with Gasteiger partial charge in [-0.2, -0.15) is 0 Å². The predicted octanol–water partition coefficient (Wildman–Crippen LogP) is 1.34. The van der Waals surface area contributed by atoms with E-state index in [4.69, 9.17) is 5.73 Å². The summed E-state index contributed by atoms with van der Waals surface area (Å²) in [6.07, 6.45) is 2.41. The Morgan fingerprint density at radius 3 is 3.11 bits per heavy atom. The smallest absolute Gasteiger partial charge is 0.251 e. The zero-order valence-electron chi connectivity index (χ0n) is 10.9. The number of likely N-dealkylation sites (tertiary alicyclic amines) is 1. The van der Waals surface area contributed by atoms with Crippen LogP contribution in [0.4, 0.5) is 5.69 Å². The average Bonchev–Trinajstić information content (AvgIpc) is 2.36. The van der Waals surface area contributed by atoms with Crippen molar-refractivity contribution in [2.45, 2.75) is 12.8 Å². The lowest BCUT2D eigenvalue weighted by atomic mass is 9.98. The van der Waals surface area contributed by atoms with Crippen LogP contribution in [0.2, 0.25) is 0 Å². The van der Waals surface area contributed by atoms with Crippen molar-refractivity contribution in [1.82, 2.24) is 10.2 Å². The minimum Gasteiger partial charge on any atom is -0.399 e. The molecule has 4 nitrogen and oxygen atoms in total. The van der Waals surface area contributed by atoms with Crippen LogP contribution < -0.4 is 11.1 Å². The topological polar surface area (TPSA) is 58.4 Å². The number of rotatable bonds is 3. The standard InChI is InChI=1S/C14H21N3O/c1-17-7-3-4-11(10-17)9-16-14(18)12-5-2-6-13(15)8-12/h2,5-6,8,11H,3-4,7,9-10,15H2,1H3,(H,16,18). The van der Waals surface area contributed by atoms with Crippen LogP contribution in [0.3, 0.4) is 0 Å². The maximum atomic E-state index is 11.9. The summed E-state index contributed by atoms with van der Waals surface area (Å²) in [6.45, 7) is 2.98. The van der Waals surface area contributed by atoms with E-state index in [1.807, 2.05) is 0 Å². The van der Waals surface area contributed by atoms with Crippen LogP contribution in [0.25, 0.3) is 0 Å². The molecule has 0 bridgehead atoms. The quantitative estimate of drug-likeness (QED) is 0.792. The Kier molecular flexibility index (Phi) is 4.20. The molecule has 0 aliphatic carbocycles. The summed E-state index contributed by atoms with van der Waals surface area (Å²) >= 11 is 0. The molecule has 1 fully saturated rings. The van der Waals surface area contributed by atoms with Gasteiger partial charge in [0.1, 0.15) is 0 Å². The number of nitrogens with two attached hydrogens (primary N) is 1. The van der Waals surface area contributed by atoms with Gasteiger partial charge in [0.15, 0.2) is 0 Å². The minimum absolute atomic E-state index is 0.0319. The zero-order valence-corrected chi connectivity index (χ0v) is 10.9. The number of anilines is 1. The van der Waals surface area contributed by atoms with Crippen molar-refractivity contribution >= 4 is 11.6 Å². The lowest BCUT2D eigenvalue weighted by molar-refractivity contribution is 0.0937. The molecule has 1 atom stereocenters. The molecule has 1 aliphatic heterocycles. The van der Waals surface area contributed by atoms with Gasteiger partial charge in [-0.05, 0) is 50.6 Å². The van der Waals surface area contributed by atoms with Crippen molar-refractivity contribution in [2.24, 2.45) is 5.92 Å². The average molecular weight is 247 g/mol. The van der Waals surface area contributed by atoms with Crippen LogP contribution in [0.1, 0.15) is 23.2 Å². The van der Waals surface area contributed by atoms with Crippen molar-refractivity contribution in [2.75, 3.05) is 32.4 Å². The highest BCUT2D eigenvalue weighted by atomic mass is 16.1. The summed E-state index contributed by atoms with van der Waals surface area (Å²) in [5.74, 6) is 0.532. The molecule has 0 aromatic heterocycles. The fourth-order valence-electron chi connectivity index (χ4n) is 2.46. The van der Waals surface area contributed by atoms with Crippen molar-refractivity contribution in [1.29, 1.82) is 0 Å². The Morgan fingerprint density at radius 2 is 2.39 bits per heavy atom. The van der Waals surface area contributed by atoms with Gasteiger partial charge in [-0.25, -0.2) is 0 Å². The Morgan fingerprint density at radius 1 is 1.56 bits per heavy atom. The summed E-state index contributed by atoms with van der Waals surface area (Å²) in [7, 11) is 2.13. The summed E-state index contributed by atoms with van der Waals surface area (Å²) in [4.78, 5) is 14.3. The van der Waals surface area contributed by atoms with Gasteiger partial charge in [-0.15, -0.1) is 0 Å². The van der Waals surface area contributed by atoms with Gasteiger partial charge in [-0.1, -0.05) is 6.07 Å². The summed E-state index contributed by atoms with van der Waals surface area (Å²) in [5.41, 5.74) is 6.93. The lowest BCUT2D eigenvalue weighted by Crippen LogP contribution is -2.39. The van der Waals surface area contributed by atoms with Crippen LogP contribution in [-0.2, 0) is 0 Å². The fourth-order valence-corrected chi connectivity index (χ4v) is 2.46. The monoisotopic (exact) mass is 247 g/mol. The Bertz CT molecular complexity index is 419. The molecule has 1 amide bonds. The second-order valence-electron chi connectivity index (χ2n) is 5.11. The lowest BCUT2D eigenvalue weighted by Gasteiger charge is -2.29. The molecule has 3 N–H and O–H groups in total. The molecule has 0 saturated carbocycles. The van der Waals surface area contributed by atoms with Gasteiger partial charge in [0, 0.05) is 24.3 Å². The van der Waals surface area contributed by atoms with Crippen LogP contribution in [0.5, 0.6) is 0 Å². The van der Waals surface area contributed by atoms with Gasteiger partial charge in [-0.3, -0.25) is 4.79 Å². The number of nitrogens with one attached hydrogen (secondary N) is 1. The molecule has 1 aliphatic rings. The van der Waals surface area contributed by atoms with E-state index in [2.05, 4.69) is 17.3 Å². The second-order valence-corrected chi connectivity index (χ2v) is 5.11. The number of piperidine rings is 1. The molecule has 0 radical (unpaired) electrons. The highest BCUT2D eigenvalue weighted by Gasteiger charge is 2.17. The third-order valence-electron chi connectivity index (χ3n) is 3.42. The first-order valence-electron chi connectivity index (χ1n) is 6.47. The number of amides is 1. The largest absolute Gasteiger partial charge is 0.399 e. The van der Waals surface area contributed by atoms with E-state index in [1.165, 1.54) is 19.4 Å². The number of nitrogen functional groups attached to an aromatic ring is 1. The predicted molar refractivity (Wildman–Crippen MR) is 73.4 cm³/mol. The van der Waals surface area contributed by atoms with E-state index in [0.717, 1.165) is 13.1 Å². The molecule has 4 heteroatoms. The van der Waals surface area contributed by atoms with Crippen LogP contribution in [-0.4, -0.2) is 37.5 Å². The third-order valence-corrected chi connectivity index (χ3v) is 3.42. The number of nitrogens with zero attached hydrogens (tertiary/aromatic N) is 1. The fraction of sp³-hybridized carbons (Fsp3) is 0.500. The Hall–Kier alpha value is -1.55. The number of carbonyl (C=O) groups excluding carboxylic acids is 1. The molecular formula is C14H21N3O. The second kappa shape index (κ2) is 5.87. The summed E-state index contributed by atoms with van der Waals surface area (Å²) < 4.78 is 0. The number of carbonyl (C=O) groups is 1. The first-order chi connectivity index (χ1) is 8.65.